The molecule has 1 atom stereocenters. The van der Waals surface area contributed by atoms with Crippen LogP contribution in [0.1, 0.15) is 37.4 Å². The highest BCUT2D eigenvalue weighted by Gasteiger charge is 2.21. The highest BCUT2D eigenvalue weighted by molar-refractivity contribution is 6.20. The molecule has 0 bridgehead atoms. The van der Waals surface area contributed by atoms with E-state index in [-0.39, 0.29) is 5.38 Å². The third-order valence-electron chi connectivity index (χ3n) is 3.83. The highest BCUT2D eigenvalue weighted by Crippen LogP contribution is 2.28. The van der Waals surface area contributed by atoms with E-state index < -0.39 is 0 Å². The molecule has 2 aromatic rings. The molecule has 1 aromatic heterocycles. The summed E-state index contributed by atoms with van der Waals surface area (Å²) in [5, 5.41) is 2.24. The molecule has 0 radical (unpaired) electrons. The molecule has 1 aliphatic heterocycles. The molecule has 0 N–H and O–H groups in total. The van der Waals surface area contributed by atoms with E-state index in [4.69, 9.17) is 21.3 Å². The van der Waals surface area contributed by atoms with Gasteiger partial charge in [-0.2, -0.15) is 0 Å². The number of imidazole rings is 1. The lowest BCUT2D eigenvalue weighted by molar-refractivity contribution is 0.415. The van der Waals surface area contributed by atoms with Crippen molar-refractivity contribution in [1.82, 2.24) is 9.66 Å². The number of ether oxygens (including phenoxy) is 1. The van der Waals surface area contributed by atoms with E-state index in [0.717, 1.165) is 35.7 Å². The van der Waals surface area contributed by atoms with Crippen molar-refractivity contribution in [2.75, 3.05) is 25.2 Å². The van der Waals surface area contributed by atoms with Crippen LogP contribution in [0.4, 0.5) is 0 Å². The molecule has 1 aliphatic rings. The summed E-state index contributed by atoms with van der Waals surface area (Å²) in [4.78, 5) is 4.70. The molecule has 4 nitrogen and oxygen atoms in total. The Bertz CT molecular complexity index is 602. The molecule has 2 heterocycles. The van der Waals surface area contributed by atoms with Crippen LogP contribution in [-0.4, -0.2) is 29.9 Å². The Balaban J connectivity index is 2.15. The molecule has 20 heavy (non-hydrogen) atoms. The van der Waals surface area contributed by atoms with Gasteiger partial charge in [-0.3, -0.25) is 0 Å². The first-order valence-electron chi connectivity index (χ1n) is 7.16. The molecular formula is C15H20ClN3O. The van der Waals surface area contributed by atoms with Crippen LogP contribution >= 0.6 is 11.6 Å². The van der Waals surface area contributed by atoms with Gasteiger partial charge in [-0.25, -0.2) is 9.66 Å². The summed E-state index contributed by atoms with van der Waals surface area (Å²) in [5.74, 6) is 1.77. The molecule has 1 aromatic carbocycles. The summed E-state index contributed by atoms with van der Waals surface area (Å²) < 4.78 is 7.53. The number of hydrogen-bond acceptors (Lipinski definition) is 3. The molecule has 3 rings (SSSR count). The van der Waals surface area contributed by atoms with Gasteiger partial charge in [0.05, 0.1) is 23.5 Å². The lowest BCUT2D eigenvalue weighted by Crippen LogP contribution is -2.40. The van der Waals surface area contributed by atoms with Gasteiger partial charge < -0.3 is 9.75 Å². The summed E-state index contributed by atoms with van der Waals surface area (Å²) >= 11 is 6.33. The average Bonchev–Trinajstić information content (AvgIpc) is 2.86. The van der Waals surface area contributed by atoms with Crippen molar-refractivity contribution < 1.29 is 4.74 Å². The number of alkyl halides is 1. The largest absolute Gasteiger partial charge is 0.497 e. The summed E-state index contributed by atoms with van der Waals surface area (Å²) in [7, 11) is 1.69. The first kappa shape index (κ1) is 13.6. The second-order valence-corrected chi connectivity index (χ2v) is 5.92. The first-order valence-corrected chi connectivity index (χ1v) is 7.60. The fourth-order valence-corrected chi connectivity index (χ4v) is 2.96. The van der Waals surface area contributed by atoms with Crippen molar-refractivity contribution in [1.29, 1.82) is 0 Å². The third-order valence-corrected chi connectivity index (χ3v) is 4.03. The lowest BCUT2D eigenvalue weighted by atomic mass is 10.2. The Kier molecular flexibility index (Phi) is 3.74. The van der Waals surface area contributed by atoms with Crippen LogP contribution < -0.4 is 9.75 Å². The predicted molar refractivity (Wildman–Crippen MR) is 82.4 cm³/mol. The molecule has 1 saturated heterocycles. The Morgan fingerprint density at radius 2 is 2.00 bits per heavy atom. The van der Waals surface area contributed by atoms with Gasteiger partial charge in [-0.05, 0) is 38.3 Å². The van der Waals surface area contributed by atoms with E-state index in [2.05, 4.69) is 9.69 Å². The van der Waals surface area contributed by atoms with Gasteiger partial charge in [0.25, 0.3) is 0 Å². The van der Waals surface area contributed by atoms with E-state index in [1.54, 1.807) is 7.11 Å². The minimum atomic E-state index is -0.115. The zero-order chi connectivity index (χ0) is 14.1. The molecule has 1 unspecified atom stereocenters. The van der Waals surface area contributed by atoms with Gasteiger partial charge in [0.15, 0.2) is 0 Å². The molecule has 0 aliphatic carbocycles. The summed E-state index contributed by atoms with van der Waals surface area (Å²) in [6, 6.07) is 5.98. The first-order chi connectivity index (χ1) is 9.70. The van der Waals surface area contributed by atoms with Crippen molar-refractivity contribution in [3.05, 3.63) is 24.0 Å². The number of piperidine rings is 1. The topological polar surface area (TPSA) is 30.3 Å². The van der Waals surface area contributed by atoms with Crippen LogP contribution in [0.2, 0.25) is 0 Å². The number of aromatic nitrogens is 2. The SMILES string of the molecule is COc1ccc2nc(C(C)Cl)n(N3CCCCC3)c2c1. The Morgan fingerprint density at radius 3 is 2.65 bits per heavy atom. The second-order valence-electron chi connectivity index (χ2n) is 5.27. The van der Waals surface area contributed by atoms with E-state index in [1.807, 2.05) is 25.1 Å². The Labute approximate surface area is 124 Å². The minimum absolute atomic E-state index is 0.115. The van der Waals surface area contributed by atoms with Crippen molar-refractivity contribution in [2.45, 2.75) is 31.6 Å². The average molecular weight is 294 g/mol. The fraction of sp³-hybridized carbons (Fsp3) is 0.533. The highest BCUT2D eigenvalue weighted by atomic mass is 35.5. The van der Waals surface area contributed by atoms with Gasteiger partial charge >= 0.3 is 0 Å². The molecule has 0 amide bonds. The lowest BCUT2D eigenvalue weighted by Gasteiger charge is -2.31. The maximum atomic E-state index is 6.33. The van der Waals surface area contributed by atoms with E-state index in [1.165, 1.54) is 19.3 Å². The van der Waals surface area contributed by atoms with E-state index in [9.17, 15) is 0 Å². The number of fused-ring (bicyclic) bond motifs is 1. The molecule has 108 valence electrons. The zero-order valence-corrected chi connectivity index (χ0v) is 12.7. The van der Waals surface area contributed by atoms with Gasteiger partial charge in [-0.1, -0.05) is 0 Å². The van der Waals surface area contributed by atoms with Gasteiger partial charge in [0, 0.05) is 19.2 Å². The summed E-state index contributed by atoms with van der Waals surface area (Å²) in [6.07, 6.45) is 3.75. The minimum Gasteiger partial charge on any atom is -0.497 e. The molecule has 0 spiro atoms. The Morgan fingerprint density at radius 1 is 1.25 bits per heavy atom. The van der Waals surface area contributed by atoms with E-state index >= 15 is 0 Å². The van der Waals surface area contributed by atoms with Crippen LogP contribution in [0, 0.1) is 0 Å². The summed E-state index contributed by atoms with van der Waals surface area (Å²) in [6.45, 7) is 4.08. The maximum absolute atomic E-state index is 6.33. The maximum Gasteiger partial charge on any atom is 0.146 e. The number of benzene rings is 1. The fourth-order valence-electron chi connectivity index (χ4n) is 2.82. The van der Waals surface area contributed by atoms with Crippen LogP contribution in [0.25, 0.3) is 11.0 Å². The van der Waals surface area contributed by atoms with Gasteiger partial charge in [0.1, 0.15) is 11.6 Å². The number of methoxy groups -OCH3 is 1. The van der Waals surface area contributed by atoms with Crippen molar-refractivity contribution >= 4 is 22.6 Å². The monoisotopic (exact) mass is 293 g/mol. The standard InChI is InChI=1S/C15H20ClN3O/c1-11(16)15-17-13-7-6-12(20-2)10-14(13)19(15)18-8-4-3-5-9-18/h6-7,10-11H,3-5,8-9H2,1-2H3. The molecule has 5 heteroatoms. The number of rotatable bonds is 3. The molecular weight excluding hydrogens is 274 g/mol. The number of nitrogens with zero attached hydrogens (tertiary/aromatic N) is 3. The molecule has 1 fully saturated rings. The summed E-state index contributed by atoms with van der Waals surface area (Å²) in [5.41, 5.74) is 2.05. The van der Waals surface area contributed by atoms with Crippen LogP contribution in [0.5, 0.6) is 5.75 Å². The van der Waals surface area contributed by atoms with Crippen molar-refractivity contribution in [2.24, 2.45) is 0 Å². The number of hydrogen-bond donors (Lipinski definition) is 0. The molecule has 0 saturated carbocycles. The van der Waals surface area contributed by atoms with Crippen molar-refractivity contribution in [3.8, 4) is 5.75 Å². The smallest absolute Gasteiger partial charge is 0.146 e. The van der Waals surface area contributed by atoms with Crippen LogP contribution in [0.15, 0.2) is 18.2 Å². The third kappa shape index (κ3) is 2.33. The zero-order valence-electron chi connectivity index (χ0n) is 12.0. The van der Waals surface area contributed by atoms with E-state index in [0.29, 0.717) is 0 Å². The number of halogens is 1. The quantitative estimate of drug-likeness (QED) is 0.812. The second kappa shape index (κ2) is 5.52. The van der Waals surface area contributed by atoms with Gasteiger partial charge in [-0.15, -0.1) is 11.6 Å². The predicted octanol–water partition coefficient (Wildman–Crippen LogP) is 3.47. The van der Waals surface area contributed by atoms with Crippen molar-refractivity contribution in [3.63, 3.8) is 0 Å². The van der Waals surface area contributed by atoms with Crippen LogP contribution in [-0.2, 0) is 0 Å². The van der Waals surface area contributed by atoms with Gasteiger partial charge in [0.2, 0.25) is 0 Å². The van der Waals surface area contributed by atoms with Crippen LogP contribution in [0.3, 0.4) is 0 Å². The normalized spacial score (nSPS) is 17.4. The Hall–Kier alpha value is -1.42.